The normalized spacial score (nSPS) is 15.7. The zero-order valence-corrected chi connectivity index (χ0v) is 16.5. The molecule has 0 unspecified atom stereocenters. The highest BCUT2D eigenvalue weighted by atomic mass is 16.6. The van der Waals surface area contributed by atoms with Crippen molar-refractivity contribution in [2.24, 2.45) is 0 Å². The van der Waals surface area contributed by atoms with E-state index in [1.807, 2.05) is 12.1 Å². The standard InChI is InChI=1S/C22H22N2O6/c23-15-17-1-2-19(13-18(17)16-24)30-20-3-4-21-22(14-20)29-12-10-27-8-6-25-5-7-26-9-11-28-21/h1-4,13-14H,5-12H2. The van der Waals surface area contributed by atoms with E-state index in [1.54, 1.807) is 30.3 Å². The molecule has 8 nitrogen and oxygen atoms in total. The molecule has 0 amide bonds. The minimum absolute atomic E-state index is 0.255. The molecule has 2 aromatic rings. The van der Waals surface area contributed by atoms with Crippen molar-refractivity contribution < 1.29 is 28.4 Å². The summed E-state index contributed by atoms with van der Waals surface area (Å²) in [7, 11) is 0. The predicted octanol–water partition coefficient (Wildman–Crippen LogP) is 3.04. The number of benzene rings is 2. The van der Waals surface area contributed by atoms with Gasteiger partial charge >= 0.3 is 0 Å². The van der Waals surface area contributed by atoms with E-state index in [0.29, 0.717) is 81.4 Å². The Balaban J connectivity index is 1.73. The van der Waals surface area contributed by atoms with Crippen LogP contribution in [0.15, 0.2) is 36.4 Å². The third-order valence-electron chi connectivity index (χ3n) is 4.10. The highest BCUT2D eigenvalue weighted by molar-refractivity contribution is 5.51. The average molecular weight is 410 g/mol. The van der Waals surface area contributed by atoms with Crippen LogP contribution in [-0.2, 0) is 14.2 Å². The molecule has 0 N–H and O–H groups in total. The molecule has 3 rings (SSSR count). The Labute approximate surface area is 175 Å². The largest absolute Gasteiger partial charge is 0.487 e. The lowest BCUT2D eigenvalue weighted by Gasteiger charge is -2.15. The van der Waals surface area contributed by atoms with Crippen molar-refractivity contribution in [3.8, 4) is 35.1 Å². The first-order valence-corrected chi connectivity index (χ1v) is 9.55. The maximum absolute atomic E-state index is 9.18. The first-order valence-electron chi connectivity index (χ1n) is 9.55. The van der Waals surface area contributed by atoms with Gasteiger partial charge in [0.15, 0.2) is 11.5 Å². The van der Waals surface area contributed by atoms with E-state index < -0.39 is 0 Å². The molecule has 30 heavy (non-hydrogen) atoms. The van der Waals surface area contributed by atoms with Gasteiger partial charge < -0.3 is 28.4 Å². The average Bonchev–Trinajstić information content (AvgIpc) is 2.78. The quantitative estimate of drug-likeness (QED) is 0.744. The Morgan fingerprint density at radius 1 is 0.600 bits per heavy atom. The summed E-state index contributed by atoms with van der Waals surface area (Å²) in [6.07, 6.45) is 0. The fraction of sp³-hybridized carbons (Fsp3) is 0.364. The molecule has 8 heteroatoms. The van der Waals surface area contributed by atoms with Crippen LogP contribution in [0, 0.1) is 22.7 Å². The lowest BCUT2D eigenvalue weighted by molar-refractivity contribution is 0.00708. The van der Waals surface area contributed by atoms with Gasteiger partial charge in [-0.05, 0) is 30.3 Å². The van der Waals surface area contributed by atoms with Gasteiger partial charge in [-0.2, -0.15) is 10.5 Å². The van der Waals surface area contributed by atoms with E-state index in [9.17, 15) is 5.26 Å². The zero-order chi connectivity index (χ0) is 21.0. The molecule has 0 fully saturated rings. The van der Waals surface area contributed by atoms with Gasteiger partial charge in [0.1, 0.15) is 36.9 Å². The van der Waals surface area contributed by atoms with Gasteiger partial charge in [0, 0.05) is 6.07 Å². The van der Waals surface area contributed by atoms with Crippen molar-refractivity contribution in [2.75, 3.05) is 52.9 Å². The molecular formula is C22H22N2O6. The number of hydrogen-bond donors (Lipinski definition) is 0. The summed E-state index contributed by atoms with van der Waals surface area (Å²) in [5, 5.41) is 18.2. The molecule has 0 bridgehead atoms. The Morgan fingerprint density at radius 3 is 1.77 bits per heavy atom. The van der Waals surface area contributed by atoms with Gasteiger partial charge in [-0.1, -0.05) is 0 Å². The van der Waals surface area contributed by atoms with Crippen molar-refractivity contribution in [1.82, 2.24) is 0 Å². The molecule has 0 spiro atoms. The van der Waals surface area contributed by atoms with Crippen LogP contribution in [0.5, 0.6) is 23.0 Å². The Morgan fingerprint density at radius 2 is 1.13 bits per heavy atom. The van der Waals surface area contributed by atoms with E-state index in [0.717, 1.165) is 0 Å². The summed E-state index contributed by atoms with van der Waals surface area (Å²) in [6, 6.07) is 13.9. The van der Waals surface area contributed by atoms with E-state index >= 15 is 0 Å². The molecule has 156 valence electrons. The summed E-state index contributed by atoms with van der Waals surface area (Å²) in [4.78, 5) is 0. The first-order chi connectivity index (χ1) is 14.8. The van der Waals surface area contributed by atoms with Gasteiger partial charge in [-0.15, -0.1) is 0 Å². The third kappa shape index (κ3) is 6.36. The van der Waals surface area contributed by atoms with Gasteiger partial charge in [-0.25, -0.2) is 0 Å². The van der Waals surface area contributed by atoms with Crippen LogP contribution in [0.3, 0.4) is 0 Å². The molecule has 0 saturated carbocycles. The smallest absolute Gasteiger partial charge is 0.165 e. The highest BCUT2D eigenvalue weighted by Gasteiger charge is 2.11. The number of fused-ring (bicyclic) bond motifs is 1. The first kappa shape index (κ1) is 21.4. The van der Waals surface area contributed by atoms with Crippen LogP contribution in [0.1, 0.15) is 11.1 Å². The van der Waals surface area contributed by atoms with Crippen molar-refractivity contribution in [3.63, 3.8) is 0 Å². The van der Waals surface area contributed by atoms with Crippen LogP contribution >= 0.6 is 0 Å². The number of hydrogen-bond acceptors (Lipinski definition) is 8. The Bertz CT molecular complexity index is 919. The van der Waals surface area contributed by atoms with E-state index in [1.165, 1.54) is 6.07 Å². The van der Waals surface area contributed by atoms with Crippen LogP contribution in [0.25, 0.3) is 0 Å². The molecule has 1 heterocycles. The maximum atomic E-state index is 9.18. The fourth-order valence-corrected chi connectivity index (χ4v) is 2.66. The molecule has 2 aromatic carbocycles. The van der Waals surface area contributed by atoms with Gasteiger partial charge in [0.25, 0.3) is 0 Å². The molecule has 0 aromatic heterocycles. The topological polar surface area (TPSA) is 103 Å². The fourth-order valence-electron chi connectivity index (χ4n) is 2.66. The molecule has 0 atom stereocenters. The van der Waals surface area contributed by atoms with Gasteiger partial charge in [-0.3, -0.25) is 0 Å². The van der Waals surface area contributed by atoms with Gasteiger partial charge in [0.05, 0.1) is 50.8 Å². The lowest BCUT2D eigenvalue weighted by atomic mass is 10.1. The van der Waals surface area contributed by atoms with Crippen molar-refractivity contribution in [3.05, 3.63) is 47.5 Å². The summed E-state index contributed by atoms with van der Waals surface area (Å²) in [6.45, 7) is 3.54. The van der Waals surface area contributed by atoms with Crippen molar-refractivity contribution in [2.45, 2.75) is 0 Å². The zero-order valence-electron chi connectivity index (χ0n) is 16.5. The minimum atomic E-state index is 0.255. The van der Waals surface area contributed by atoms with E-state index in [2.05, 4.69) is 0 Å². The van der Waals surface area contributed by atoms with Crippen LogP contribution in [0.4, 0.5) is 0 Å². The van der Waals surface area contributed by atoms with Crippen LogP contribution in [-0.4, -0.2) is 52.9 Å². The lowest BCUT2D eigenvalue weighted by Crippen LogP contribution is -2.13. The maximum Gasteiger partial charge on any atom is 0.165 e. The second kappa shape index (κ2) is 11.6. The molecule has 0 saturated heterocycles. The predicted molar refractivity (Wildman–Crippen MR) is 106 cm³/mol. The Kier molecular flexibility index (Phi) is 8.31. The number of nitrogens with zero attached hydrogens (tertiary/aromatic N) is 2. The van der Waals surface area contributed by atoms with E-state index in [-0.39, 0.29) is 5.56 Å². The van der Waals surface area contributed by atoms with E-state index in [4.69, 9.17) is 33.7 Å². The molecule has 0 radical (unpaired) electrons. The minimum Gasteiger partial charge on any atom is -0.487 e. The van der Waals surface area contributed by atoms with Gasteiger partial charge in [0.2, 0.25) is 0 Å². The van der Waals surface area contributed by atoms with Crippen LogP contribution < -0.4 is 14.2 Å². The SMILES string of the molecule is N#Cc1ccc(Oc2ccc3c(c2)OCCOCCOCCOCCO3)cc1C#N. The second-order valence-electron chi connectivity index (χ2n) is 6.18. The third-order valence-corrected chi connectivity index (χ3v) is 4.10. The van der Waals surface area contributed by atoms with Crippen molar-refractivity contribution >= 4 is 0 Å². The second-order valence-corrected chi connectivity index (χ2v) is 6.18. The molecule has 1 aliphatic rings. The molecular weight excluding hydrogens is 388 g/mol. The monoisotopic (exact) mass is 410 g/mol. The molecule has 0 aliphatic carbocycles. The summed E-state index contributed by atoms with van der Waals surface area (Å²) < 4.78 is 33.8. The summed E-state index contributed by atoms with van der Waals surface area (Å²) in [5.41, 5.74) is 0.555. The molecule has 1 aliphatic heterocycles. The number of rotatable bonds is 2. The number of nitriles is 2. The van der Waals surface area contributed by atoms with Crippen molar-refractivity contribution in [1.29, 1.82) is 10.5 Å². The highest BCUT2D eigenvalue weighted by Crippen LogP contribution is 2.34. The van der Waals surface area contributed by atoms with Crippen LogP contribution in [0.2, 0.25) is 0 Å². The summed E-state index contributed by atoms with van der Waals surface area (Å²) >= 11 is 0. The number of ether oxygens (including phenoxy) is 6. The Hall–Kier alpha value is -3.30. The summed E-state index contributed by atoms with van der Waals surface area (Å²) in [5.74, 6) is 2.03.